The van der Waals surface area contributed by atoms with Crippen molar-refractivity contribution in [3.63, 3.8) is 0 Å². The number of nitrogens with one attached hydrogen (secondary N) is 2. The summed E-state index contributed by atoms with van der Waals surface area (Å²) in [7, 11) is 0. The Kier molecular flexibility index (Phi) is 7.88. The third-order valence-corrected chi connectivity index (χ3v) is 5.78. The van der Waals surface area contributed by atoms with Crippen LogP contribution in [-0.4, -0.2) is 40.8 Å². The number of aliphatic hydroxyl groups excluding tert-OH is 1. The summed E-state index contributed by atoms with van der Waals surface area (Å²) in [4.78, 5) is 35.4. The second-order valence-corrected chi connectivity index (χ2v) is 7.51. The van der Waals surface area contributed by atoms with E-state index >= 15 is 0 Å². The van der Waals surface area contributed by atoms with E-state index in [-0.39, 0.29) is 26.9 Å². The first-order chi connectivity index (χ1) is 10.6. The summed E-state index contributed by atoms with van der Waals surface area (Å²) in [6.45, 7) is 1.08. The average Bonchev–Trinajstić information content (AvgIpc) is 2.41. The molecule has 1 aromatic carbocycles. The van der Waals surface area contributed by atoms with Crippen molar-refractivity contribution >= 4 is 91.2 Å². The molecule has 11 heteroatoms. The molecule has 0 heterocycles. The van der Waals surface area contributed by atoms with Crippen molar-refractivity contribution in [2.75, 3.05) is 11.9 Å². The van der Waals surface area contributed by atoms with Crippen LogP contribution in [0.3, 0.4) is 0 Å². The topological polar surface area (TPSA) is 142 Å². The van der Waals surface area contributed by atoms with Crippen molar-refractivity contribution in [1.82, 2.24) is 5.32 Å². The van der Waals surface area contributed by atoms with E-state index in [1.165, 1.54) is 6.92 Å². The smallest absolute Gasteiger partial charge is 0.337 e. The van der Waals surface area contributed by atoms with Gasteiger partial charge in [-0.05, 0) is 74.7 Å². The number of anilines is 1. The molecule has 0 fully saturated rings. The first kappa shape index (κ1) is 20.8. The van der Waals surface area contributed by atoms with Gasteiger partial charge in [0.1, 0.15) is 6.23 Å². The van der Waals surface area contributed by atoms with Gasteiger partial charge in [0, 0.05) is 3.57 Å². The van der Waals surface area contributed by atoms with Crippen LogP contribution < -0.4 is 16.4 Å². The van der Waals surface area contributed by atoms with Crippen LogP contribution in [0, 0.1) is 10.7 Å². The van der Waals surface area contributed by atoms with Crippen molar-refractivity contribution in [3.8, 4) is 0 Å². The minimum atomic E-state index is -1.23. The molecule has 0 aliphatic rings. The molecule has 8 nitrogen and oxygen atoms in total. The van der Waals surface area contributed by atoms with E-state index in [2.05, 4.69) is 10.6 Å². The fraction of sp³-hybridized carbons (Fsp3) is 0.250. The number of carboxylic acid groups (broad SMARTS) is 1. The highest BCUT2D eigenvalue weighted by molar-refractivity contribution is 14.1. The Bertz CT molecular complexity index is 679. The SMILES string of the molecule is CC(O)NC(=O)c1c(I)c(NC(=O)CN)c(I)c(C(=O)O)c1I. The van der Waals surface area contributed by atoms with Gasteiger partial charge in [-0.2, -0.15) is 0 Å². The fourth-order valence-electron chi connectivity index (χ4n) is 1.61. The Balaban J connectivity index is 3.65. The van der Waals surface area contributed by atoms with Gasteiger partial charge in [-0.1, -0.05) is 0 Å². The van der Waals surface area contributed by atoms with Crippen LogP contribution in [-0.2, 0) is 4.79 Å². The minimum absolute atomic E-state index is 0.0669. The van der Waals surface area contributed by atoms with Crippen molar-refractivity contribution in [2.45, 2.75) is 13.2 Å². The molecule has 6 N–H and O–H groups in total. The lowest BCUT2D eigenvalue weighted by Gasteiger charge is -2.18. The Morgan fingerprint density at radius 2 is 1.65 bits per heavy atom. The summed E-state index contributed by atoms with van der Waals surface area (Å²) in [5.41, 5.74) is 5.43. The highest BCUT2D eigenvalue weighted by Gasteiger charge is 2.28. The summed E-state index contributed by atoms with van der Waals surface area (Å²) >= 11 is 5.40. The largest absolute Gasteiger partial charge is 0.478 e. The molecule has 1 rings (SSSR count). The number of amides is 2. The number of aromatic carboxylic acids is 1. The molecule has 2 amide bonds. The summed E-state index contributed by atoms with van der Waals surface area (Å²) < 4.78 is 0.869. The van der Waals surface area contributed by atoms with E-state index in [9.17, 15) is 24.6 Å². The van der Waals surface area contributed by atoms with Crippen LogP contribution >= 0.6 is 67.8 Å². The van der Waals surface area contributed by atoms with Gasteiger partial charge < -0.3 is 26.6 Å². The number of benzene rings is 1. The van der Waals surface area contributed by atoms with Gasteiger partial charge >= 0.3 is 5.97 Å². The van der Waals surface area contributed by atoms with E-state index in [1.54, 1.807) is 45.2 Å². The highest BCUT2D eigenvalue weighted by atomic mass is 127. The monoisotopic (exact) mass is 659 g/mol. The predicted octanol–water partition coefficient (Wildman–Crippen LogP) is 1.16. The minimum Gasteiger partial charge on any atom is -0.478 e. The number of hydrogen-bond donors (Lipinski definition) is 5. The van der Waals surface area contributed by atoms with Crippen molar-refractivity contribution in [1.29, 1.82) is 0 Å². The van der Waals surface area contributed by atoms with Crippen LogP contribution in [0.15, 0.2) is 0 Å². The zero-order chi connectivity index (χ0) is 17.9. The van der Waals surface area contributed by atoms with Crippen LogP contribution in [0.2, 0.25) is 0 Å². The second kappa shape index (κ2) is 8.72. The first-order valence-corrected chi connectivity index (χ1v) is 9.28. The molecule has 0 spiro atoms. The lowest BCUT2D eigenvalue weighted by Crippen LogP contribution is -2.34. The number of carbonyl (C=O) groups is 3. The Hall–Kier alpha value is -0.260. The quantitative estimate of drug-likeness (QED) is 0.238. The fourth-order valence-corrected chi connectivity index (χ4v) is 6.00. The number of halogens is 3. The summed E-state index contributed by atoms with van der Waals surface area (Å²) in [5.74, 6) is -2.39. The summed E-state index contributed by atoms with van der Waals surface area (Å²) in [6.07, 6.45) is -1.11. The molecule has 0 aliphatic carbocycles. The maximum atomic E-state index is 12.3. The van der Waals surface area contributed by atoms with Crippen molar-refractivity contribution in [3.05, 3.63) is 21.8 Å². The van der Waals surface area contributed by atoms with Crippen molar-refractivity contribution < 1.29 is 24.6 Å². The molecule has 23 heavy (non-hydrogen) atoms. The maximum Gasteiger partial charge on any atom is 0.337 e. The van der Waals surface area contributed by atoms with Gasteiger partial charge in [0.25, 0.3) is 5.91 Å². The van der Waals surface area contributed by atoms with Gasteiger partial charge in [0.2, 0.25) is 5.91 Å². The van der Waals surface area contributed by atoms with E-state index in [1.807, 2.05) is 22.6 Å². The van der Waals surface area contributed by atoms with Crippen LogP contribution in [0.5, 0.6) is 0 Å². The van der Waals surface area contributed by atoms with Gasteiger partial charge in [-0.25, -0.2) is 4.79 Å². The third-order valence-electron chi connectivity index (χ3n) is 2.55. The van der Waals surface area contributed by atoms with Crippen LogP contribution in [0.4, 0.5) is 5.69 Å². The number of aliphatic hydroxyl groups is 1. The number of nitrogens with two attached hydrogens (primary N) is 1. The van der Waals surface area contributed by atoms with Gasteiger partial charge in [0.15, 0.2) is 0 Å². The standard InChI is InChI=1S/C12H12I3N3O5/c1-3(19)17-11(21)5-7(13)6(12(22)23)9(15)10(8(5)14)18-4(20)2-16/h3,19H,2,16H2,1H3,(H,17,21)(H,18,20)(H,22,23). The van der Waals surface area contributed by atoms with Crippen LogP contribution in [0.1, 0.15) is 27.6 Å². The Morgan fingerprint density at radius 1 is 1.13 bits per heavy atom. The number of carbonyl (C=O) groups excluding carboxylic acids is 2. The molecule has 0 saturated carbocycles. The first-order valence-electron chi connectivity index (χ1n) is 6.04. The second-order valence-electron chi connectivity index (χ2n) is 4.27. The highest BCUT2D eigenvalue weighted by Crippen LogP contribution is 2.35. The normalized spacial score (nSPS) is 11.7. The van der Waals surface area contributed by atoms with E-state index < -0.39 is 24.0 Å². The number of hydrogen-bond acceptors (Lipinski definition) is 5. The number of rotatable bonds is 5. The molecular formula is C12H12I3N3O5. The zero-order valence-corrected chi connectivity index (χ0v) is 18.1. The average molecular weight is 659 g/mol. The van der Waals surface area contributed by atoms with E-state index in [0.717, 1.165) is 0 Å². The molecule has 0 saturated heterocycles. The Labute approximate surface area is 172 Å². The maximum absolute atomic E-state index is 12.3. The third kappa shape index (κ3) is 4.86. The lowest BCUT2D eigenvalue weighted by molar-refractivity contribution is -0.114. The summed E-state index contributed by atoms with van der Waals surface area (Å²) in [5, 5.41) is 23.5. The molecule has 0 radical (unpaired) electrons. The molecular weight excluding hydrogens is 647 g/mol. The van der Waals surface area contributed by atoms with Crippen molar-refractivity contribution in [2.24, 2.45) is 5.73 Å². The van der Waals surface area contributed by atoms with E-state index in [4.69, 9.17) is 5.73 Å². The molecule has 1 aromatic rings. The van der Waals surface area contributed by atoms with Gasteiger partial charge in [-0.3, -0.25) is 9.59 Å². The van der Waals surface area contributed by atoms with Crippen LogP contribution in [0.25, 0.3) is 0 Å². The van der Waals surface area contributed by atoms with E-state index in [0.29, 0.717) is 7.14 Å². The summed E-state index contributed by atoms with van der Waals surface area (Å²) in [6, 6.07) is 0. The zero-order valence-electron chi connectivity index (χ0n) is 11.6. The molecule has 1 atom stereocenters. The molecule has 1 unspecified atom stereocenters. The van der Waals surface area contributed by atoms with Gasteiger partial charge in [0.05, 0.1) is 30.5 Å². The molecule has 0 bridgehead atoms. The Morgan fingerprint density at radius 3 is 2.09 bits per heavy atom. The molecule has 0 aromatic heterocycles. The molecule has 126 valence electrons. The molecule has 0 aliphatic heterocycles. The van der Waals surface area contributed by atoms with Gasteiger partial charge in [-0.15, -0.1) is 0 Å². The predicted molar refractivity (Wildman–Crippen MR) is 108 cm³/mol. The number of carboxylic acids is 1. The lowest BCUT2D eigenvalue weighted by atomic mass is 10.1.